The summed E-state index contributed by atoms with van der Waals surface area (Å²) in [6, 6.07) is 3.69. The second kappa shape index (κ2) is 11.3. The van der Waals surface area contributed by atoms with Crippen molar-refractivity contribution in [2.45, 2.75) is 75.3 Å². The Morgan fingerprint density at radius 3 is 1.95 bits per heavy atom. The number of ether oxygens (including phenoxy) is 4. The maximum Gasteiger partial charge on any atom is 0.239 e. The van der Waals surface area contributed by atoms with Crippen molar-refractivity contribution in [3.8, 4) is 45.8 Å². The molecule has 234 valence electrons. The zero-order chi connectivity index (χ0) is 31.5. The van der Waals surface area contributed by atoms with Crippen molar-refractivity contribution in [2.24, 2.45) is 0 Å². The van der Waals surface area contributed by atoms with Gasteiger partial charge >= 0.3 is 0 Å². The van der Waals surface area contributed by atoms with Crippen LogP contribution in [0.4, 0.5) is 0 Å². The van der Waals surface area contributed by atoms with Gasteiger partial charge in [0.05, 0.1) is 12.2 Å². The van der Waals surface area contributed by atoms with Crippen LogP contribution < -0.4 is 10.2 Å². The first-order chi connectivity index (χ1) is 20.2. The molecular weight excluding hydrogens is 580 g/mol. The number of aromatic hydroxyl groups is 5. The molecular formula is C27H30O16. The van der Waals surface area contributed by atoms with E-state index in [2.05, 4.69) is 0 Å². The molecule has 2 aromatic carbocycles. The number of aliphatic hydroxyl groups excluding tert-OH is 5. The van der Waals surface area contributed by atoms with Gasteiger partial charge in [-0.25, -0.2) is 0 Å². The fraction of sp³-hybridized carbons (Fsp3) is 0.444. The van der Waals surface area contributed by atoms with Gasteiger partial charge in [-0.3, -0.25) is 4.79 Å². The second-order valence-electron chi connectivity index (χ2n) is 10.4. The van der Waals surface area contributed by atoms with E-state index in [-0.39, 0.29) is 11.1 Å². The lowest BCUT2D eigenvalue weighted by molar-refractivity contribution is -0.345. The fourth-order valence-electron chi connectivity index (χ4n) is 4.99. The number of phenols is 5. The molecule has 0 unspecified atom stereocenters. The zero-order valence-corrected chi connectivity index (χ0v) is 22.5. The second-order valence-corrected chi connectivity index (χ2v) is 10.4. The number of hydrogen-bond donors (Lipinski definition) is 10. The van der Waals surface area contributed by atoms with Gasteiger partial charge in [-0.2, -0.15) is 0 Å². The van der Waals surface area contributed by atoms with Gasteiger partial charge in [0.15, 0.2) is 29.3 Å². The highest BCUT2D eigenvalue weighted by molar-refractivity contribution is 5.88. The van der Waals surface area contributed by atoms with E-state index < -0.39 is 112 Å². The summed E-state index contributed by atoms with van der Waals surface area (Å²) in [5, 5.41) is 102. The summed E-state index contributed by atoms with van der Waals surface area (Å²) >= 11 is 0. The van der Waals surface area contributed by atoms with E-state index in [0.717, 1.165) is 24.3 Å². The van der Waals surface area contributed by atoms with E-state index >= 15 is 0 Å². The van der Waals surface area contributed by atoms with Gasteiger partial charge in [-0.1, -0.05) is 0 Å². The molecule has 2 fully saturated rings. The van der Waals surface area contributed by atoms with Crippen molar-refractivity contribution < 1.29 is 74.4 Å². The van der Waals surface area contributed by atoms with Gasteiger partial charge < -0.3 is 74.4 Å². The van der Waals surface area contributed by atoms with Crippen LogP contribution in [-0.4, -0.2) is 112 Å². The lowest BCUT2D eigenvalue weighted by Crippen LogP contribution is -2.63. The minimum atomic E-state index is -1.94. The molecule has 16 heteroatoms. The van der Waals surface area contributed by atoms with E-state index in [4.69, 9.17) is 23.4 Å². The van der Waals surface area contributed by atoms with Gasteiger partial charge in [0.2, 0.25) is 17.5 Å². The molecule has 2 aliphatic rings. The van der Waals surface area contributed by atoms with E-state index in [0.29, 0.717) is 0 Å². The predicted octanol–water partition coefficient (Wildman–Crippen LogP) is -0.954. The summed E-state index contributed by atoms with van der Waals surface area (Å²) in [5.74, 6) is -4.87. The van der Waals surface area contributed by atoms with Crippen LogP contribution in [-0.2, 0) is 14.2 Å². The lowest BCUT2D eigenvalue weighted by atomic mass is 9.97. The Morgan fingerprint density at radius 2 is 1.30 bits per heavy atom. The Balaban J connectivity index is 1.50. The Bertz CT molecular complexity index is 1550. The summed E-state index contributed by atoms with van der Waals surface area (Å²) in [6.07, 6.45) is -15.3. The molecule has 0 aliphatic carbocycles. The summed E-state index contributed by atoms with van der Waals surface area (Å²) in [4.78, 5) is 13.6. The monoisotopic (exact) mass is 610 g/mol. The van der Waals surface area contributed by atoms with Crippen LogP contribution in [0.5, 0.6) is 34.5 Å². The fourth-order valence-corrected chi connectivity index (χ4v) is 4.99. The van der Waals surface area contributed by atoms with E-state index in [9.17, 15) is 55.9 Å². The summed E-state index contributed by atoms with van der Waals surface area (Å²) in [6.45, 7) is 2.82. The topological polar surface area (TPSA) is 269 Å². The third-order valence-corrected chi connectivity index (χ3v) is 7.36. The van der Waals surface area contributed by atoms with Gasteiger partial charge in [-0.15, -0.1) is 0 Å². The first-order valence-electron chi connectivity index (χ1n) is 13.0. The molecule has 0 saturated carbocycles. The van der Waals surface area contributed by atoms with Crippen molar-refractivity contribution in [1.82, 2.24) is 0 Å². The number of hydrogen-bond acceptors (Lipinski definition) is 16. The Hall–Kier alpha value is -3.87. The molecule has 16 nitrogen and oxygen atoms in total. The number of benzene rings is 2. The standard InChI is InChI=1S/C27H30O16/c1-7-16(32)19(35)21(37)26(39-7)42-23-8(2)40-27(22(38)20(23)36)43-25-18(34)15-11(29)5-10(28)6-14(15)41-24(25)9-3-12(30)17(33)13(31)4-9/h3-8,16,19-23,26-33,35-38H,1-2H3/t7-,8-,16-,19+,20-,21+,22+,23-,26-,27-/m0/s1. The smallest absolute Gasteiger partial charge is 0.239 e. The first-order valence-corrected chi connectivity index (χ1v) is 13.0. The van der Waals surface area contributed by atoms with Crippen molar-refractivity contribution >= 4 is 11.0 Å². The van der Waals surface area contributed by atoms with Crippen molar-refractivity contribution in [3.05, 3.63) is 34.5 Å². The third kappa shape index (κ3) is 5.39. The van der Waals surface area contributed by atoms with E-state index in [1.807, 2.05) is 0 Å². The van der Waals surface area contributed by atoms with Crippen molar-refractivity contribution in [2.75, 3.05) is 0 Å². The maximum atomic E-state index is 13.6. The van der Waals surface area contributed by atoms with Crippen LogP contribution in [0.3, 0.4) is 0 Å². The minimum Gasteiger partial charge on any atom is -0.508 e. The quantitative estimate of drug-likeness (QED) is 0.156. The molecule has 0 spiro atoms. The Morgan fingerprint density at radius 1 is 0.698 bits per heavy atom. The summed E-state index contributed by atoms with van der Waals surface area (Å²) in [7, 11) is 0. The van der Waals surface area contributed by atoms with Crippen LogP contribution in [0, 0.1) is 0 Å². The molecule has 10 atom stereocenters. The average Bonchev–Trinajstić information content (AvgIpc) is 2.94. The number of phenolic OH excluding ortho intramolecular Hbond substituents is 5. The van der Waals surface area contributed by atoms with Crippen molar-refractivity contribution in [3.63, 3.8) is 0 Å². The predicted molar refractivity (Wildman–Crippen MR) is 140 cm³/mol. The lowest BCUT2D eigenvalue weighted by Gasteiger charge is -2.45. The molecule has 43 heavy (non-hydrogen) atoms. The molecule has 2 saturated heterocycles. The highest BCUT2D eigenvalue weighted by Crippen LogP contribution is 2.43. The zero-order valence-electron chi connectivity index (χ0n) is 22.5. The van der Waals surface area contributed by atoms with Crippen LogP contribution in [0.1, 0.15) is 13.8 Å². The molecule has 0 radical (unpaired) electrons. The maximum absolute atomic E-state index is 13.6. The Kier molecular flexibility index (Phi) is 8.05. The largest absolute Gasteiger partial charge is 0.508 e. The van der Waals surface area contributed by atoms with Gasteiger partial charge in [-0.05, 0) is 26.0 Å². The molecule has 3 heterocycles. The van der Waals surface area contributed by atoms with Crippen molar-refractivity contribution in [1.29, 1.82) is 0 Å². The molecule has 5 rings (SSSR count). The molecule has 2 aliphatic heterocycles. The number of rotatable bonds is 5. The Labute approximate surface area is 241 Å². The van der Waals surface area contributed by atoms with Crippen LogP contribution >= 0.6 is 0 Å². The molecule has 1 aromatic heterocycles. The first kappa shape index (κ1) is 30.6. The van der Waals surface area contributed by atoms with Gasteiger partial charge in [0.1, 0.15) is 59.1 Å². The summed E-state index contributed by atoms with van der Waals surface area (Å²) in [5.41, 5.74) is -1.60. The molecule has 3 aromatic rings. The van der Waals surface area contributed by atoms with E-state index in [1.54, 1.807) is 0 Å². The third-order valence-electron chi connectivity index (χ3n) is 7.36. The minimum absolute atomic E-state index is 0.219. The normalized spacial score (nSPS) is 33.0. The number of aliphatic hydroxyl groups is 5. The van der Waals surface area contributed by atoms with E-state index in [1.165, 1.54) is 13.8 Å². The highest BCUT2D eigenvalue weighted by Gasteiger charge is 2.50. The van der Waals surface area contributed by atoms with Crippen LogP contribution in [0.15, 0.2) is 33.5 Å². The van der Waals surface area contributed by atoms with Gasteiger partial charge in [0, 0.05) is 17.7 Å². The highest BCUT2D eigenvalue weighted by atomic mass is 16.7. The molecule has 0 amide bonds. The van der Waals surface area contributed by atoms with Crippen LogP contribution in [0.25, 0.3) is 22.3 Å². The summed E-state index contributed by atoms with van der Waals surface area (Å²) < 4.78 is 28.1. The van der Waals surface area contributed by atoms with Crippen LogP contribution in [0.2, 0.25) is 0 Å². The van der Waals surface area contributed by atoms with Gasteiger partial charge in [0.25, 0.3) is 0 Å². The SMILES string of the molecule is C[C@@H]1O[C@@H](O[C@@H]2[C@@H](O)[C@@H](O)[C@H](Oc3c(-c4cc(O)c(O)c(O)c4)oc4cc(O)cc(O)c4c3=O)O[C@H]2C)[C@H](O)[C@H](O)[C@H]1O. The molecule has 0 bridgehead atoms. The molecule has 10 N–H and O–H groups in total. The average molecular weight is 611 g/mol. The number of fused-ring (bicyclic) bond motifs is 1.